The van der Waals surface area contributed by atoms with Crippen molar-refractivity contribution < 1.29 is 43.2 Å². The first-order chi connectivity index (χ1) is 15.6. The van der Waals surface area contributed by atoms with Crippen LogP contribution in [0.4, 0.5) is 0 Å². The van der Waals surface area contributed by atoms with Gasteiger partial charge in [0, 0.05) is 0 Å². The Labute approximate surface area is 200 Å². The first-order valence-corrected chi connectivity index (χ1v) is 11.8. The van der Waals surface area contributed by atoms with Gasteiger partial charge in [0.05, 0.1) is 0 Å². The summed E-state index contributed by atoms with van der Waals surface area (Å²) in [6.07, 6.45) is -3.67. The molecule has 2 amide bonds. The third-order valence-corrected chi connectivity index (χ3v) is 5.98. The van der Waals surface area contributed by atoms with Gasteiger partial charge in [-0.3, -0.25) is 9.59 Å². The van der Waals surface area contributed by atoms with Crippen LogP contribution < -0.4 is 10.6 Å². The molecule has 194 valence electrons. The third-order valence-electron chi connectivity index (χ3n) is 5.98. The highest BCUT2D eigenvalue weighted by Crippen LogP contribution is 2.44. The molecule has 3 rings (SSSR count). The van der Waals surface area contributed by atoms with Crippen LogP contribution in [-0.4, -0.2) is 77.3 Å². The highest BCUT2D eigenvalue weighted by Gasteiger charge is 2.62. The predicted molar refractivity (Wildman–Crippen MR) is 118 cm³/mol. The Hall–Kier alpha value is -1.79. The lowest BCUT2D eigenvalue weighted by atomic mass is 9.96. The number of amides is 2. The molecule has 0 bridgehead atoms. The first kappa shape index (κ1) is 26.8. The minimum atomic E-state index is -1.12. The number of hydrogen-bond donors (Lipinski definition) is 3. The van der Waals surface area contributed by atoms with E-state index in [1.807, 2.05) is 13.8 Å². The summed E-state index contributed by atoms with van der Waals surface area (Å²) in [6.45, 7) is 14.2. The second-order valence-corrected chi connectivity index (χ2v) is 10.8. The van der Waals surface area contributed by atoms with Gasteiger partial charge in [-0.2, -0.15) is 0 Å². The van der Waals surface area contributed by atoms with Crippen molar-refractivity contribution in [2.24, 2.45) is 11.8 Å². The molecular weight excluding hydrogens is 448 g/mol. The molecule has 0 radical (unpaired) electrons. The maximum Gasteiger partial charge on any atom is 0.326 e. The van der Waals surface area contributed by atoms with Gasteiger partial charge >= 0.3 is 5.97 Å². The minimum absolute atomic E-state index is 0.0646. The Morgan fingerprint density at radius 3 is 1.97 bits per heavy atom. The van der Waals surface area contributed by atoms with Gasteiger partial charge in [-0.05, 0) is 46.0 Å². The van der Waals surface area contributed by atoms with Gasteiger partial charge in [0.25, 0.3) is 5.91 Å². The molecule has 0 unspecified atom stereocenters. The zero-order valence-electron chi connectivity index (χ0n) is 21.1. The van der Waals surface area contributed by atoms with Crippen LogP contribution in [0.5, 0.6) is 0 Å². The fraction of sp³-hybridized carbons (Fsp3) is 0.870. The molecule has 0 aromatic rings. The van der Waals surface area contributed by atoms with E-state index in [1.165, 1.54) is 0 Å². The summed E-state index contributed by atoms with van der Waals surface area (Å²) in [4.78, 5) is 37.9. The molecule has 3 saturated heterocycles. The van der Waals surface area contributed by atoms with Crippen LogP contribution in [0.2, 0.25) is 0 Å². The van der Waals surface area contributed by atoms with Crippen LogP contribution in [0, 0.1) is 11.8 Å². The Morgan fingerprint density at radius 1 is 0.853 bits per heavy atom. The topological polar surface area (TPSA) is 142 Å². The van der Waals surface area contributed by atoms with Crippen molar-refractivity contribution in [2.75, 3.05) is 0 Å². The molecule has 3 aliphatic heterocycles. The summed E-state index contributed by atoms with van der Waals surface area (Å²) in [7, 11) is 0. The number of rotatable bonds is 8. The number of ether oxygens (including phenoxy) is 5. The maximum atomic E-state index is 13.4. The van der Waals surface area contributed by atoms with E-state index < -0.39 is 72.1 Å². The molecule has 0 aliphatic carbocycles. The van der Waals surface area contributed by atoms with E-state index in [2.05, 4.69) is 10.6 Å². The van der Waals surface area contributed by atoms with E-state index in [0.29, 0.717) is 0 Å². The van der Waals surface area contributed by atoms with Crippen LogP contribution in [0.3, 0.4) is 0 Å². The molecule has 11 nitrogen and oxygen atoms in total. The summed E-state index contributed by atoms with van der Waals surface area (Å²) in [5.41, 5.74) is 0. The van der Waals surface area contributed by atoms with Gasteiger partial charge in [0.2, 0.25) is 5.91 Å². The standard InChI is InChI=1S/C23H38N2O9/c1-10(2)9-12(20(28)29)24-18(26)13(11(3)4)25-19(27)16-14-15(32-22(5,6)31-14)17-21(30-16)34-23(7,8)33-17/h10-17,21H,9H2,1-8H3,(H,24,26)(H,25,27)(H,28,29)/t12-,13+,14+,15+,16+,17-,21+/m1/s1. The highest BCUT2D eigenvalue weighted by atomic mass is 16.9. The Balaban J connectivity index is 1.76. The highest BCUT2D eigenvalue weighted by molar-refractivity contribution is 5.92. The van der Waals surface area contributed by atoms with E-state index in [-0.39, 0.29) is 18.3 Å². The van der Waals surface area contributed by atoms with Crippen LogP contribution in [0.1, 0.15) is 61.8 Å². The van der Waals surface area contributed by atoms with Gasteiger partial charge in [-0.15, -0.1) is 0 Å². The van der Waals surface area contributed by atoms with Crippen molar-refractivity contribution in [1.82, 2.24) is 10.6 Å². The van der Waals surface area contributed by atoms with Crippen LogP contribution in [0.25, 0.3) is 0 Å². The monoisotopic (exact) mass is 486 g/mol. The average Bonchev–Trinajstić information content (AvgIpc) is 3.17. The molecule has 7 atom stereocenters. The number of aliphatic carboxylic acids is 1. The van der Waals surface area contributed by atoms with Crippen molar-refractivity contribution in [1.29, 1.82) is 0 Å². The second-order valence-electron chi connectivity index (χ2n) is 10.8. The molecule has 0 aromatic carbocycles. The van der Waals surface area contributed by atoms with Gasteiger partial charge in [-0.25, -0.2) is 4.79 Å². The van der Waals surface area contributed by atoms with Crippen molar-refractivity contribution >= 4 is 17.8 Å². The summed E-state index contributed by atoms with van der Waals surface area (Å²) < 4.78 is 29.7. The Bertz CT molecular complexity index is 797. The normalized spacial score (nSPS) is 33.2. The fourth-order valence-electron chi connectivity index (χ4n) is 4.55. The number of carbonyl (C=O) groups is 3. The zero-order valence-corrected chi connectivity index (χ0v) is 21.1. The molecule has 11 heteroatoms. The van der Waals surface area contributed by atoms with E-state index in [0.717, 1.165) is 0 Å². The van der Waals surface area contributed by atoms with Crippen molar-refractivity contribution in [3.8, 4) is 0 Å². The van der Waals surface area contributed by atoms with Gasteiger partial charge in [-0.1, -0.05) is 27.7 Å². The Morgan fingerprint density at radius 2 is 1.41 bits per heavy atom. The number of carbonyl (C=O) groups excluding carboxylic acids is 2. The molecule has 34 heavy (non-hydrogen) atoms. The summed E-state index contributed by atoms with van der Waals surface area (Å²) >= 11 is 0. The van der Waals surface area contributed by atoms with Gasteiger partial charge in [0.15, 0.2) is 24.0 Å². The van der Waals surface area contributed by atoms with Gasteiger partial charge in [0.1, 0.15) is 30.4 Å². The van der Waals surface area contributed by atoms with Gasteiger partial charge < -0.3 is 39.4 Å². The molecule has 3 heterocycles. The van der Waals surface area contributed by atoms with Crippen molar-refractivity contribution in [3.63, 3.8) is 0 Å². The lowest BCUT2D eigenvalue weighted by Crippen LogP contribution is -2.62. The minimum Gasteiger partial charge on any atom is -0.480 e. The number of carboxylic acid groups (broad SMARTS) is 1. The van der Waals surface area contributed by atoms with E-state index in [4.69, 9.17) is 23.7 Å². The second kappa shape index (κ2) is 9.69. The number of carboxylic acids is 1. The first-order valence-electron chi connectivity index (χ1n) is 11.8. The smallest absolute Gasteiger partial charge is 0.326 e. The quantitative estimate of drug-likeness (QED) is 0.460. The van der Waals surface area contributed by atoms with Crippen LogP contribution in [-0.2, 0) is 38.1 Å². The maximum absolute atomic E-state index is 13.4. The van der Waals surface area contributed by atoms with E-state index in [1.54, 1.807) is 41.5 Å². The fourth-order valence-corrected chi connectivity index (χ4v) is 4.55. The third kappa shape index (κ3) is 5.88. The van der Waals surface area contributed by atoms with Crippen LogP contribution >= 0.6 is 0 Å². The molecule has 3 N–H and O–H groups in total. The molecule has 3 aliphatic rings. The van der Waals surface area contributed by atoms with Crippen molar-refractivity contribution in [2.45, 2.75) is 116 Å². The molecular formula is C23H38N2O9. The average molecular weight is 487 g/mol. The molecule has 0 saturated carbocycles. The summed E-state index contributed by atoms with van der Waals surface area (Å²) in [5, 5.41) is 14.8. The van der Waals surface area contributed by atoms with Crippen molar-refractivity contribution in [3.05, 3.63) is 0 Å². The largest absolute Gasteiger partial charge is 0.480 e. The Kier molecular flexibility index (Phi) is 7.64. The lowest BCUT2D eigenvalue weighted by molar-refractivity contribution is -0.231. The summed E-state index contributed by atoms with van der Waals surface area (Å²) in [6, 6.07) is -2.03. The molecule has 0 aromatic heterocycles. The van der Waals surface area contributed by atoms with Crippen LogP contribution in [0.15, 0.2) is 0 Å². The van der Waals surface area contributed by atoms with E-state index in [9.17, 15) is 19.5 Å². The number of hydrogen-bond acceptors (Lipinski definition) is 8. The molecule has 0 spiro atoms. The number of nitrogens with one attached hydrogen (secondary N) is 2. The summed E-state index contributed by atoms with van der Waals surface area (Å²) in [5.74, 6) is -4.42. The predicted octanol–water partition coefficient (Wildman–Crippen LogP) is 1.14. The zero-order chi connectivity index (χ0) is 25.6. The SMILES string of the molecule is CC(C)C[C@@H](NC(=O)[C@@H](NC(=O)[C@H]1O[C@H]2OC(C)(C)O[C@@H]2[C@H]2OC(C)(C)O[C@@H]21)C(C)C)C(=O)O. The lowest BCUT2D eigenvalue weighted by Gasteiger charge is -2.37. The number of fused-ring (bicyclic) bond motifs is 3. The van der Waals surface area contributed by atoms with E-state index >= 15 is 0 Å². The molecule has 3 fully saturated rings.